The number of carbonyl (C=O) groups is 1. The average Bonchev–Trinajstić information content (AvgIpc) is 2.37. The van der Waals surface area contributed by atoms with Crippen molar-refractivity contribution in [3.63, 3.8) is 0 Å². The largest absolute Gasteiger partial charge is 0.350 e. The summed E-state index contributed by atoms with van der Waals surface area (Å²) in [5.41, 5.74) is 0.110. The topological polar surface area (TPSA) is 89.3 Å². The first kappa shape index (κ1) is 17.9. The van der Waals surface area contributed by atoms with Crippen LogP contribution in [-0.4, -0.2) is 20.4 Å². The molecule has 0 spiro atoms. The van der Waals surface area contributed by atoms with Crippen molar-refractivity contribution >= 4 is 27.5 Å². The first-order chi connectivity index (χ1) is 9.65. The van der Waals surface area contributed by atoms with Gasteiger partial charge in [0.25, 0.3) is 5.91 Å². The summed E-state index contributed by atoms with van der Waals surface area (Å²) in [6, 6.07) is 3.80. The van der Waals surface area contributed by atoms with E-state index >= 15 is 0 Å². The molecule has 2 atom stereocenters. The molecule has 0 aromatic heterocycles. The molecule has 0 heterocycles. The molecule has 7 heteroatoms. The molecule has 0 saturated carbocycles. The van der Waals surface area contributed by atoms with E-state index in [1.807, 2.05) is 6.92 Å². The Morgan fingerprint density at radius 1 is 1.38 bits per heavy atom. The van der Waals surface area contributed by atoms with Crippen LogP contribution in [0.25, 0.3) is 0 Å². The van der Waals surface area contributed by atoms with Crippen LogP contribution in [0.2, 0.25) is 5.02 Å². The molecule has 0 aliphatic carbocycles. The molecular weight excluding hydrogens is 312 g/mol. The third-order valence-electron chi connectivity index (χ3n) is 3.34. The number of nitrogens with two attached hydrogens (primary N) is 1. The van der Waals surface area contributed by atoms with Crippen molar-refractivity contribution in [1.29, 1.82) is 0 Å². The maximum Gasteiger partial charge on any atom is 0.253 e. The molecule has 21 heavy (non-hydrogen) atoms. The summed E-state index contributed by atoms with van der Waals surface area (Å²) in [7, 11) is -3.87. The molecule has 0 radical (unpaired) electrons. The molecule has 1 rings (SSSR count). The first-order valence-electron chi connectivity index (χ1n) is 6.78. The van der Waals surface area contributed by atoms with Crippen molar-refractivity contribution in [2.45, 2.75) is 44.6 Å². The fourth-order valence-electron chi connectivity index (χ4n) is 1.99. The van der Waals surface area contributed by atoms with E-state index in [4.69, 9.17) is 16.7 Å². The molecule has 5 nitrogen and oxygen atoms in total. The zero-order chi connectivity index (χ0) is 16.2. The molecule has 1 aromatic rings. The van der Waals surface area contributed by atoms with Crippen LogP contribution < -0.4 is 10.5 Å². The van der Waals surface area contributed by atoms with Crippen LogP contribution in [0.3, 0.4) is 0 Å². The van der Waals surface area contributed by atoms with Crippen LogP contribution in [0.1, 0.15) is 44.0 Å². The second-order valence-electron chi connectivity index (χ2n) is 5.31. The lowest BCUT2D eigenvalue weighted by Gasteiger charge is -2.18. The quantitative estimate of drug-likeness (QED) is 0.838. The molecule has 0 saturated heterocycles. The van der Waals surface area contributed by atoms with E-state index in [1.165, 1.54) is 18.2 Å². The summed E-state index contributed by atoms with van der Waals surface area (Å²) in [5, 5.41) is 8.07. The monoisotopic (exact) mass is 332 g/mol. The highest BCUT2D eigenvalue weighted by Crippen LogP contribution is 2.20. The smallest absolute Gasteiger partial charge is 0.253 e. The van der Waals surface area contributed by atoms with Gasteiger partial charge in [0.2, 0.25) is 10.0 Å². The maximum atomic E-state index is 12.2. The fraction of sp³-hybridized carbons (Fsp3) is 0.500. The molecule has 118 valence electrons. The highest BCUT2D eigenvalue weighted by atomic mass is 35.5. The molecule has 3 N–H and O–H groups in total. The van der Waals surface area contributed by atoms with Gasteiger partial charge >= 0.3 is 0 Å². The second kappa shape index (κ2) is 7.24. The van der Waals surface area contributed by atoms with Crippen molar-refractivity contribution in [3.05, 3.63) is 28.8 Å². The molecule has 0 fully saturated rings. The van der Waals surface area contributed by atoms with Crippen molar-refractivity contribution < 1.29 is 13.2 Å². The SMILES string of the molecule is CCC(C)CC(C)NC(=O)c1cc(S(N)(=O)=O)ccc1Cl. The molecule has 2 unspecified atom stereocenters. The zero-order valence-corrected chi connectivity index (χ0v) is 14.0. The first-order valence-corrected chi connectivity index (χ1v) is 8.70. The predicted molar refractivity (Wildman–Crippen MR) is 83.8 cm³/mol. The van der Waals surface area contributed by atoms with E-state index in [0.717, 1.165) is 12.8 Å². The van der Waals surface area contributed by atoms with Crippen molar-refractivity contribution in [1.82, 2.24) is 5.32 Å². The highest BCUT2D eigenvalue weighted by Gasteiger charge is 2.18. The fourth-order valence-corrected chi connectivity index (χ4v) is 2.73. The van der Waals surface area contributed by atoms with Gasteiger partial charge in [0, 0.05) is 6.04 Å². The lowest BCUT2D eigenvalue weighted by molar-refractivity contribution is 0.0935. The third kappa shape index (κ3) is 5.30. The number of nitrogens with one attached hydrogen (secondary N) is 1. The Morgan fingerprint density at radius 2 is 2.00 bits per heavy atom. The number of hydrogen-bond acceptors (Lipinski definition) is 3. The molecule has 0 aliphatic rings. The van der Waals surface area contributed by atoms with E-state index in [2.05, 4.69) is 19.2 Å². The number of primary sulfonamides is 1. The van der Waals surface area contributed by atoms with Gasteiger partial charge in [-0.15, -0.1) is 0 Å². The number of sulfonamides is 1. The Morgan fingerprint density at radius 3 is 2.52 bits per heavy atom. The second-order valence-corrected chi connectivity index (χ2v) is 7.28. The van der Waals surface area contributed by atoms with Crippen LogP contribution in [-0.2, 0) is 10.0 Å². The Balaban J connectivity index is 2.92. The minimum absolute atomic E-state index is 0.0262. The number of carbonyl (C=O) groups excluding carboxylic acids is 1. The van der Waals surface area contributed by atoms with Gasteiger partial charge in [-0.25, -0.2) is 13.6 Å². The summed E-state index contributed by atoms with van der Waals surface area (Å²) >= 11 is 5.96. The van der Waals surface area contributed by atoms with E-state index in [-0.39, 0.29) is 21.5 Å². The van der Waals surface area contributed by atoms with Crippen LogP contribution >= 0.6 is 11.6 Å². The Bertz CT molecular complexity index is 617. The number of hydrogen-bond donors (Lipinski definition) is 2. The number of benzene rings is 1. The van der Waals surface area contributed by atoms with Crippen LogP contribution in [0.4, 0.5) is 0 Å². The molecule has 1 aromatic carbocycles. The van der Waals surface area contributed by atoms with Gasteiger partial charge in [0.05, 0.1) is 15.5 Å². The van der Waals surface area contributed by atoms with Crippen LogP contribution in [0, 0.1) is 5.92 Å². The Labute approximate surface area is 130 Å². The summed E-state index contributed by atoms with van der Waals surface area (Å²) in [4.78, 5) is 12.1. The number of halogens is 1. The third-order valence-corrected chi connectivity index (χ3v) is 4.58. The van der Waals surface area contributed by atoms with Crippen molar-refractivity contribution in [2.75, 3.05) is 0 Å². The lowest BCUT2D eigenvalue weighted by Crippen LogP contribution is -2.34. The van der Waals surface area contributed by atoms with Crippen LogP contribution in [0.5, 0.6) is 0 Å². The van der Waals surface area contributed by atoms with E-state index in [0.29, 0.717) is 5.92 Å². The van der Waals surface area contributed by atoms with Gasteiger partial charge in [-0.2, -0.15) is 0 Å². The summed E-state index contributed by atoms with van der Waals surface area (Å²) in [5.74, 6) is 0.0906. The van der Waals surface area contributed by atoms with Gasteiger partial charge in [-0.1, -0.05) is 31.9 Å². The van der Waals surface area contributed by atoms with Gasteiger partial charge < -0.3 is 5.32 Å². The standard InChI is InChI=1S/C14H21ClN2O3S/c1-4-9(2)7-10(3)17-14(18)12-8-11(21(16,19)20)5-6-13(12)15/h5-6,8-10H,4,7H2,1-3H3,(H,17,18)(H2,16,19,20). The van der Waals surface area contributed by atoms with Gasteiger partial charge in [0.1, 0.15) is 0 Å². The zero-order valence-electron chi connectivity index (χ0n) is 12.4. The minimum Gasteiger partial charge on any atom is -0.350 e. The summed E-state index contributed by atoms with van der Waals surface area (Å²) in [6.07, 6.45) is 1.87. The van der Waals surface area contributed by atoms with Crippen molar-refractivity contribution in [2.24, 2.45) is 11.1 Å². The highest BCUT2D eigenvalue weighted by molar-refractivity contribution is 7.89. The molecule has 0 bridgehead atoms. The maximum absolute atomic E-state index is 12.2. The van der Waals surface area contributed by atoms with Crippen molar-refractivity contribution in [3.8, 4) is 0 Å². The molecule has 0 aliphatic heterocycles. The Hall–Kier alpha value is -1.11. The van der Waals surface area contributed by atoms with Crippen LogP contribution in [0.15, 0.2) is 23.1 Å². The molecule has 1 amide bonds. The number of amides is 1. The van der Waals surface area contributed by atoms with Gasteiger partial charge in [0.15, 0.2) is 0 Å². The van der Waals surface area contributed by atoms with E-state index in [9.17, 15) is 13.2 Å². The minimum atomic E-state index is -3.87. The Kier molecular flexibility index (Phi) is 6.19. The summed E-state index contributed by atoms with van der Waals surface area (Å²) < 4.78 is 22.7. The van der Waals surface area contributed by atoms with E-state index < -0.39 is 15.9 Å². The number of rotatable bonds is 6. The molecular formula is C14H21ClN2O3S. The predicted octanol–water partition coefficient (Wildman–Crippen LogP) is 2.54. The van der Waals surface area contributed by atoms with E-state index in [1.54, 1.807) is 0 Å². The normalized spacial score (nSPS) is 14.5. The van der Waals surface area contributed by atoms with Gasteiger partial charge in [-0.3, -0.25) is 4.79 Å². The lowest BCUT2D eigenvalue weighted by atomic mass is 10.00. The summed E-state index contributed by atoms with van der Waals surface area (Å²) in [6.45, 7) is 6.10. The average molecular weight is 333 g/mol. The van der Waals surface area contributed by atoms with Gasteiger partial charge in [-0.05, 0) is 37.5 Å².